The van der Waals surface area contributed by atoms with Crippen LogP contribution in [0.1, 0.15) is 21.6 Å². The van der Waals surface area contributed by atoms with E-state index < -0.39 is 5.97 Å². The van der Waals surface area contributed by atoms with E-state index in [-0.39, 0.29) is 5.69 Å². The van der Waals surface area contributed by atoms with Gasteiger partial charge in [-0.25, -0.2) is 9.78 Å². The lowest BCUT2D eigenvalue weighted by Gasteiger charge is -2.36. The molecule has 3 aromatic rings. The van der Waals surface area contributed by atoms with Gasteiger partial charge in [0.05, 0.1) is 12.6 Å². The number of fused-ring (bicyclic) bond motifs is 1. The third-order valence-corrected chi connectivity index (χ3v) is 5.21. The van der Waals surface area contributed by atoms with E-state index >= 15 is 0 Å². The van der Waals surface area contributed by atoms with Crippen molar-refractivity contribution in [2.24, 2.45) is 0 Å². The fraction of sp³-hybridized carbons (Fsp3) is 0.333. The van der Waals surface area contributed by atoms with Gasteiger partial charge in [0.2, 0.25) is 0 Å². The maximum Gasteiger partial charge on any atom is 0.358 e. The first-order valence-corrected chi connectivity index (χ1v) is 9.36. The average Bonchev–Trinajstić information content (AvgIpc) is 2.74. The van der Waals surface area contributed by atoms with E-state index in [0.717, 1.165) is 43.3 Å². The van der Waals surface area contributed by atoms with Crippen LogP contribution >= 0.6 is 0 Å². The molecule has 2 aromatic heterocycles. The van der Waals surface area contributed by atoms with Crippen molar-refractivity contribution in [3.8, 4) is 0 Å². The summed E-state index contributed by atoms with van der Waals surface area (Å²) in [5, 5.41) is 9.35. The highest BCUT2D eigenvalue weighted by atomic mass is 16.5. The van der Waals surface area contributed by atoms with Crippen molar-refractivity contribution in [1.82, 2.24) is 15.2 Å². The minimum Gasteiger partial charge on any atom is -0.464 e. The highest BCUT2D eigenvalue weighted by Gasteiger charge is 2.21. The van der Waals surface area contributed by atoms with Gasteiger partial charge < -0.3 is 14.5 Å². The van der Waals surface area contributed by atoms with Gasteiger partial charge in [-0.3, -0.25) is 0 Å². The number of benzene rings is 1. The Kier molecular flexibility index (Phi) is 4.81. The van der Waals surface area contributed by atoms with E-state index in [1.807, 2.05) is 6.07 Å². The van der Waals surface area contributed by atoms with Crippen LogP contribution in [-0.4, -0.2) is 54.4 Å². The Balaban J connectivity index is 1.49. The van der Waals surface area contributed by atoms with Crippen LogP contribution < -0.4 is 9.80 Å². The molecule has 0 unspecified atom stereocenters. The highest BCUT2D eigenvalue weighted by molar-refractivity contribution is 5.87. The normalized spacial score (nSPS) is 14.4. The molecule has 28 heavy (non-hydrogen) atoms. The Bertz CT molecular complexity index is 1010. The van der Waals surface area contributed by atoms with Gasteiger partial charge in [-0.1, -0.05) is 18.2 Å². The minimum absolute atomic E-state index is 0.219. The first kappa shape index (κ1) is 18.2. The van der Waals surface area contributed by atoms with E-state index in [4.69, 9.17) is 4.98 Å². The zero-order valence-electron chi connectivity index (χ0n) is 16.3. The van der Waals surface area contributed by atoms with Crippen LogP contribution in [0, 0.1) is 13.8 Å². The Morgan fingerprint density at radius 2 is 1.64 bits per heavy atom. The van der Waals surface area contributed by atoms with Gasteiger partial charge in [0.1, 0.15) is 5.82 Å². The third-order valence-electron chi connectivity index (χ3n) is 5.21. The molecule has 1 aliphatic heterocycles. The molecule has 0 saturated carbocycles. The van der Waals surface area contributed by atoms with E-state index in [1.165, 1.54) is 23.6 Å². The summed E-state index contributed by atoms with van der Waals surface area (Å²) in [5.74, 6) is 1.31. The van der Waals surface area contributed by atoms with Gasteiger partial charge >= 0.3 is 5.97 Å². The van der Waals surface area contributed by atoms with Gasteiger partial charge in [0, 0.05) is 31.6 Å². The molecule has 7 heteroatoms. The molecule has 144 valence electrons. The Morgan fingerprint density at radius 1 is 0.929 bits per heavy atom. The lowest BCUT2D eigenvalue weighted by molar-refractivity contribution is 0.0592. The van der Waals surface area contributed by atoms with Crippen LogP contribution in [0.25, 0.3) is 10.9 Å². The predicted octanol–water partition coefficient (Wildman–Crippen LogP) is 2.75. The first-order valence-electron chi connectivity index (χ1n) is 9.36. The third kappa shape index (κ3) is 3.35. The van der Waals surface area contributed by atoms with Crippen molar-refractivity contribution in [3.63, 3.8) is 0 Å². The quantitative estimate of drug-likeness (QED) is 0.650. The number of piperazine rings is 1. The topological polar surface area (TPSA) is 71.5 Å². The molecule has 1 saturated heterocycles. The monoisotopic (exact) mass is 377 g/mol. The molecular formula is C21H23N5O2. The summed E-state index contributed by atoms with van der Waals surface area (Å²) in [4.78, 5) is 20.9. The molecule has 7 nitrogen and oxygen atoms in total. The number of esters is 1. The van der Waals surface area contributed by atoms with Crippen LogP contribution in [0.5, 0.6) is 0 Å². The van der Waals surface area contributed by atoms with Crippen molar-refractivity contribution in [2.45, 2.75) is 13.8 Å². The molecule has 0 radical (unpaired) electrons. The number of anilines is 2. The average molecular weight is 377 g/mol. The molecule has 1 aromatic carbocycles. The lowest BCUT2D eigenvalue weighted by atomic mass is 10.1. The second kappa shape index (κ2) is 7.42. The van der Waals surface area contributed by atoms with Crippen LogP contribution in [0.15, 0.2) is 36.4 Å². The molecule has 0 N–H and O–H groups in total. The largest absolute Gasteiger partial charge is 0.464 e. The Hall–Kier alpha value is -3.22. The van der Waals surface area contributed by atoms with E-state index in [9.17, 15) is 4.79 Å². The zero-order valence-corrected chi connectivity index (χ0v) is 16.3. The Labute approximate surface area is 164 Å². The molecule has 0 bridgehead atoms. The number of nitrogens with zero attached hydrogens (tertiary/aromatic N) is 5. The Morgan fingerprint density at radius 3 is 2.29 bits per heavy atom. The highest BCUT2D eigenvalue weighted by Crippen LogP contribution is 2.26. The molecule has 1 fully saturated rings. The molecule has 0 aliphatic carbocycles. The lowest BCUT2D eigenvalue weighted by Crippen LogP contribution is -2.47. The number of methoxy groups -OCH3 is 1. The van der Waals surface area contributed by atoms with Crippen molar-refractivity contribution in [1.29, 1.82) is 0 Å². The fourth-order valence-corrected chi connectivity index (χ4v) is 3.58. The SMILES string of the molecule is COC(=O)c1ccc(N2CCN(c3cc(C)c4cccc(C)c4n3)CC2)nn1. The minimum atomic E-state index is -0.475. The van der Waals surface area contributed by atoms with Gasteiger partial charge in [-0.15, -0.1) is 10.2 Å². The number of rotatable bonds is 3. The molecule has 0 spiro atoms. The van der Waals surface area contributed by atoms with Gasteiger partial charge in [-0.2, -0.15) is 0 Å². The van der Waals surface area contributed by atoms with Crippen LogP contribution in [0.4, 0.5) is 11.6 Å². The summed E-state index contributed by atoms with van der Waals surface area (Å²) in [7, 11) is 1.33. The summed E-state index contributed by atoms with van der Waals surface area (Å²) in [6.45, 7) is 7.58. The summed E-state index contributed by atoms with van der Waals surface area (Å²) in [5.41, 5.74) is 3.73. The molecular weight excluding hydrogens is 354 g/mol. The fourth-order valence-electron chi connectivity index (χ4n) is 3.58. The van der Waals surface area contributed by atoms with Crippen LogP contribution in [-0.2, 0) is 4.74 Å². The molecule has 0 amide bonds. The molecule has 3 heterocycles. The summed E-state index contributed by atoms with van der Waals surface area (Å²) < 4.78 is 4.66. The number of aryl methyl sites for hydroxylation is 2. The molecule has 1 aliphatic rings. The summed E-state index contributed by atoms with van der Waals surface area (Å²) in [6, 6.07) is 11.9. The number of hydrogen-bond donors (Lipinski definition) is 0. The van der Waals surface area contributed by atoms with Gasteiger partial charge in [-0.05, 0) is 43.2 Å². The smallest absolute Gasteiger partial charge is 0.358 e. The second-order valence-electron chi connectivity index (χ2n) is 7.01. The van der Waals surface area contributed by atoms with Crippen molar-refractivity contribution < 1.29 is 9.53 Å². The van der Waals surface area contributed by atoms with Crippen molar-refractivity contribution in [3.05, 3.63) is 53.2 Å². The number of hydrogen-bond acceptors (Lipinski definition) is 7. The van der Waals surface area contributed by atoms with Crippen LogP contribution in [0.3, 0.4) is 0 Å². The summed E-state index contributed by atoms with van der Waals surface area (Å²) in [6.07, 6.45) is 0. The zero-order chi connectivity index (χ0) is 19.7. The van der Waals surface area contributed by atoms with E-state index in [1.54, 1.807) is 6.07 Å². The van der Waals surface area contributed by atoms with Crippen LogP contribution in [0.2, 0.25) is 0 Å². The number of aromatic nitrogens is 3. The van der Waals surface area contributed by atoms with Gasteiger partial charge in [0.25, 0.3) is 0 Å². The van der Waals surface area contributed by atoms with Crippen molar-refractivity contribution in [2.75, 3.05) is 43.1 Å². The number of carbonyl (C=O) groups is 1. The van der Waals surface area contributed by atoms with Gasteiger partial charge in [0.15, 0.2) is 11.5 Å². The number of ether oxygens (including phenoxy) is 1. The molecule has 0 atom stereocenters. The first-order chi connectivity index (χ1) is 13.6. The maximum absolute atomic E-state index is 11.5. The second-order valence-corrected chi connectivity index (χ2v) is 7.01. The molecule has 4 rings (SSSR count). The number of carbonyl (C=O) groups excluding carboxylic acids is 1. The summed E-state index contributed by atoms with van der Waals surface area (Å²) >= 11 is 0. The number of para-hydroxylation sites is 1. The van der Waals surface area contributed by atoms with Crippen molar-refractivity contribution >= 4 is 28.5 Å². The predicted molar refractivity (Wildman–Crippen MR) is 109 cm³/mol. The standard InChI is InChI=1S/C21H23N5O2/c1-14-5-4-6-16-15(2)13-19(22-20(14)16)26-11-9-25(10-12-26)18-8-7-17(23-24-18)21(27)28-3/h4-8,13H,9-12H2,1-3H3. The van der Waals surface area contributed by atoms with E-state index in [2.05, 4.69) is 62.8 Å². The number of pyridine rings is 1. The maximum atomic E-state index is 11.5. The van der Waals surface area contributed by atoms with E-state index in [0.29, 0.717) is 0 Å².